The second-order valence-corrected chi connectivity index (χ2v) is 5.77. The molecule has 1 aliphatic rings. The van der Waals surface area contributed by atoms with Crippen molar-refractivity contribution in [3.8, 4) is 0 Å². The Morgan fingerprint density at radius 1 is 1.59 bits per heavy atom. The van der Waals surface area contributed by atoms with Gasteiger partial charge in [-0.05, 0) is 44.4 Å². The molecule has 1 rings (SSSR count). The molecule has 2 atom stereocenters. The van der Waals surface area contributed by atoms with E-state index >= 15 is 0 Å². The SMILES string of the molecule is CCOC(=O)C(C)CCC1CC=C(C)C1(C)C. The number of ether oxygens (including phenoxy) is 1. The third-order valence-electron chi connectivity index (χ3n) is 4.38. The summed E-state index contributed by atoms with van der Waals surface area (Å²) in [6, 6.07) is 0. The largest absolute Gasteiger partial charge is 0.466 e. The molecule has 0 saturated heterocycles. The van der Waals surface area contributed by atoms with Gasteiger partial charge in [-0.3, -0.25) is 4.79 Å². The molecule has 17 heavy (non-hydrogen) atoms. The van der Waals surface area contributed by atoms with Crippen molar-refractivity contribution < 1.29 is 9.53 Å². The first-order valence-electron chi connectivity index (χ1n) is 6.73. The number of carbonyl (C=O) groups excluding carboxylic acids is 1. The Hall–Kier alpha value is -0.790. The number of allylic oxidation sites excluding steroid dienone is 2. The molecular formula is C15H26O2. The summed E-state index contributed by atoms with van der Waals surface area (Å²) in [6.07, 6.45) is 5.56. The summed E-state index contributed by atoms with van der Waals surface area (Å²) < 4.78 is 5.04. The lowest BCUT2D eigenvalue weighted by Gasteiger charge is -2.30. The topological polar surface area (TPSA) is 26.3 Å². The molecule has 0 spiro atoms. The van der Waals surface area contributed by atoms with Crippen LogP contribution in [0.1, 0.15) is 53.9 Å². The fourth-order valence-electron chi connectivity index (χ4n) is 2.53. The van der Waals surface area contributed by atoms with Crippen LogP contribution < -0.4 is 0 Å². The number of esters is 1. The lowest BCUT2D eigenvalue weighted by Crippen LogP contribution is -2.22. The maximum Gasteiger partial charge on any atom is 0.308 e. The number of hydrogen-bond acceptors (Lipinski definition) is 2. The van der Waals surface area contributed by atoms with Gasteiger partial charge in [-0.2, -0.15) is 0 Å². The third kappa shape index (κ3) is 3.34. The molecule has 0 amide bonds. The minimum Gasteiger partial charge on any atom is -0.466 e. The van der Waals surface area contributed by atoms with Crippen molar-refractivity contribution in [2.45, 2.75) is 53.9 Å². The van der Waals surface area contributed by atoms with Crippen LogP contribution in [0.25, 0.3) is 0 Å². The van der Waals surface area contributed by atoms with Crippen molar-refractivity contribution >= 4 is 5.97 Å². The summed E-state index contributed by atoms with van der Waals surface area (Å²) in [6.45, 7) is 11.2. The van der Waals surface area contributed by atoms with Crippen LogP contribution in [0.4, 0.5) is 0 Å². The van der Waals surface area contributed by atoms with Crippen LogP contribution in [0, 0.1) is 17.3 Å². The standard InChI is InChI=1S/C15H26O2/c1-6-17-14(16)11(2)7-9-13-10-8-12(3)15(13,4)5/h8,11,13H,6-7,9-10H2,1-5H3. The molecule has 98 valence electrons. The van der Waals surface area contributed by atoms with E-state index in [-0.39, 0.29) is 11.9 Å². The Labute approximate surface area is 105 Å². The van der Waals surface area contributed by atoms with E-state index in [2.05, 4.69) is 26.8 Å². The van der Waals surface area contributed by atoms with Gasteiger partial charge in [0.2, 0.25) is 0 Å². The van der Waals surface area contributed by atoms with Crippen LogP contribution in [-0.4, -0.2) is 12.6 Å². The van der Waals surface area contributed by atoms with Gasteiger partial charge in [-0.1, -0.05) is 32.4 Å². The summed E-state index contributed by atoms with van der Waals surface area (Å²) >= 11 is 0. The quantitative estimate of drug-likeness (QED) is 0.535. The molecule has 0 aromatic heterocycles. The Morgan fingerprint density at radius 3 is 2.71 bits per heavy atom. The first-order chi connectivity index (χ1) is 7.89. The highest BCUT2D eigenvalue weighted by molar-refractivity contribution is 5.71. The summed E-state index contributed by atoms with van der Waals surface area (Å²) in [5.41, 5.74) is 1.79. The van der Waals surface area contributed by atoms with Gasteiger partial charge in [0.1, 0.15) is 0 Å². The van der Waals surface area contributed by atoms with Crippen LogP contribution in [0.5, 0.6) is 0 Å². The van der Waals surface area contributed by atoms with Gasteiger partial charge < -0.3 is 4.74 Å². The number of hydrogen-bond donors (Lipinski definition) is 0. The minimum absolute atomic E-state index is 0.0339. The zero-order chi connectivity index (χ0) is 13.1. The maximum absolute atomic E-state index is 11.5. The number of carbonyl (C=O) groups is 1. The van der Waals surface area contributed by atoms with E-state index in [0.717, 1.165) is 19.3 Å². The van der Waals surface area contributed by atoms with Crippen molar-refractivity contribution in [1.82, 2.24) is 0 Å². The molecular weight excluding hydrogens is 212 g/mol. The van der Waals surface area contributed by atoms with E-state index in [1.54, 1.807) is 0 Å². The monoisotopic (exact) mass is 238 g/mol. The fourth-order valence-corrected chi connectivity index (χ4v) is 2.53. The normalized spacial score (nSPS) is 24.3. The zero-order valence-corrected chi connectivity index (χ0v) is 11.9. The third-order valence-corrected chi connectivity index (χ3v) is 4.38. The van der Waals surface area contributed by atoms with E-state index in [1.165, 1.54) is 5.57 Å². The average Bonchev–Trinajstić information content (AvgIpc) is 2.51. The molecule has 0 aliphatic heterocycles. The first kappa shape index (κ1) is 14.3. The van der Waals surface area contributed by atoms with Gasteiger partial charge in [-0.25, -0.2) is 0 Å². The van der Waals surface area contributed by atoms with Crippen molar-refractivity contribution in [2.75, 3.05) is 6.61 Å². The Balaban J connectivity index is 2.40. The molecule has 0 saturated carbocycles. The molecule has 0 radical (unpaired) electrons. The van der Waals surface area contributed by atoms with Crippen LogP contribution in [0.2, 0.25) is 0 Å². The summed E-state index contributed by atoms with van der Waals surface area (Å²) in [5, 5.41) is 0. The molecule has 2 unspecified atom stereocenters. The van der Waals surface area contributed by atoms with Gasteiger partial charge >= 0.3 is 5.97 Å². The molecule has 0 heterocycles. The Morgan fingerprint density at radius 2 is 2.24 bits per heavy atom. The smallest absolute Gasteiger partial charge is 0.308 e. The average molecular weight is 238 g/mol. The fraction of sp³-hybridized carbons (Fsp3) is 0.800. The highest BCUT2D eigenvalue weighted by Gasteiger charge is 2.34. The predicted octanol–water partition coefficient (Wildman–Crippen LogP) is 3.96. The van der Waals surface area contributed by atoms with Gasteiger partial charge in [0.15, 0.2) is 0 Å². The van der Waals surface area contributed by atoms with E-state index in [4.69, 9.17) is 4.74 Å². The number of rotatable bonds is 5. The second kappa shape index (κ2) is 5.70. The zero-order valence-electron chi connectivity index (χ0n) is 11.9. The van der Waals surface area contributed by atoms with E-state index < -0.39 is 0 Å². The van der Waals surface area contributed by atoms with Gasteiger partial charge in [0, 0.05) is 0 Å². The van der Waals surface area contributed by atoms with Crippen LogP contribution in [-0.2, 0) is 9.53 Å². The molecule has 2 nitrogen and oxygen atoms in total. The van der Waals surface area contributed by atoms with Crippen molar-refractivity contribution in [3.05, 3.63) is 11.6 Å². The van der Waals surface area contributed by atoms with Crippen molar-refractivity contribution in [1.29, 1.82) is 0 Å². The Bertz CT molecular complexity index is 302. The van der Waals surface area contributed by atoms with Crippen molar-refractivity contribution in [3.63, 3.8) is 0 Å². The highest BCUT2D eigenvalue weighted by atomic mass is 16.5. The minimum atomic E-state index is -0.0482. The molecule has 0 fully saturated rings. The lowest BCUT2D eigenvalue weighted by atomic mass is 9.75. The molecule has 0 bridgehead atoms. The molecule has 2 heteroatoms. The van der Waals surface area contributed by atoms with Crippen molar-refractivity contribution in [2.24, 2.45) is 17.3 Å². The molecule has 0 aromatic carbocycles. The summed E-state index contributed by atoms with van der Waals surface area (Å²) in [4.78, 5) is 11.5. The predicted molar refractivity (Wildman–Crippen MR) is 70.7 cm³/mol. The van der Waals surface area contributed by atoms with Crippen LogP contribution in [0.15, 0.2) is 11.6 Å². The van der Waals surface area contributed by atoms with Gasteiger partial charge in [0.25, 0.3) is 0 Å². The van der Waals surface area contributed by atoms with E-state index in [1.807, 2.05) is 13.8 Å². The Kier molecular flexibility index (Phi) is 4.79. The summed E-state index contributed by atoms with van der Waals surface area (Å²) in [5.74, 6) is 0.666. The summed E-state index contributed by atoms with van der Waals surface area (Å²) in [7, 11) is 0. The van der Waals surface area contributed by atoms with Crippen LogP contribution >= 0.6 is 0 Å². The molecule has 1 aliphatic carbocycles. The van der Waals surface area contributed by atoms with E-state index in [9.17, 15) is 4.79 Å². The van der Waals surface area contributed by atoms with Crippen LogP contribution in [0.3, 0.4) is 0 Å². The highest BCUT2D eigenvalue weighted by Crippen LogP contribution is 2.45. The van der Waals surface area contributed by atoms with Gasteiger partial charge in [0.05, 0.1) is 12.5 Å². The second-order valence-electron chi connectivity index (χ2n) is 5.77. The maximum atomic E-state index is 11.5. The molecule has 0 N–H and O–H groups in total. The first-order valence-corrected chi connectivity index (χ1v) is 6.73. The molecule has 0 aromatic rings. The lowest BCUT2D eigenvalue weighted by molar-refractivity contribution is -0.147. The van der Waals surface area contributed by atoms with E-state index in [0.29, 0.717) is 17.9 Å². The van der Waals surface area contributed by atoms with Gasteiger partial charge in [-0.15, -0.1) is 0 Å².